The number of methoxy groups -OCH3 is 1. The van der Waals surface area contributed by atoms with Crippen LogP contribution in [0.3, 0.4) is 0 Å². The predicted molar refractivity (Wildman–Crippen MR) is 79.4 cm³/mol. The van der Waals surface area contributed by atoms with E-state index in [0.29, 0.717) is 11.3 Å². The number of para-hydroxylation sites is 1. The zero-order valence-corrected chi connectivity index (χ0v) is 11.8. The molecule has 0 spiro atoms. The second kappa shape index (κ2) is 6.08. The zero-order valence-electron chi connectivity index (χ0n) is 11.8. The molecule has 1 N–H and O–H groups in total. The summed E-state index contributed by atoms with van der Waals surface area (Å²) < 4.78 is 10.4. The summed E-state index contributed by atoms with van der Waals surface area (Å²) in [5.74, 6) is 0.611. The van der Waals surface area contributed by atoms with E-state index in [1.807, 2.05) is 42.5 Å². The van der Waals surface area contributed by atoms with Crippen LogP contribution in [0.15, 0.2) is 54.6 Å². The van der Waals surface area contributed by atoms with Gasteiger partial charge in [-0.1, -0.05) is 42.5 Å². The summed E-state index contributed by atoms with van der Waals surface area (Å²) in [4.78, 5) is 12.6. The van der Waals surface area contributed by atoms with E-state index < -0.39 is 0 Å². The molecule has 21 heavy (non-hydrogen) atoms. The van der Waals surface area contributed by atoms with Crippen LogP contribution in [0.25, 0.3) is 0 Å². The summed E-state index contributed by atoms with van der Waals surface area (Å²) in [5, 5.41) is 3.23. The number of carbonyl (C=O) groups excluding carboxylic acids is 1. The van der Waals surface area contributed by atoms with Crippen molar-refractivity contribution in [3.05, 3.63) is 65.7 Å². The quantitative estimate of drug-likeness (QED) is 0.503. The highest BCUT2D eigenvalue weighted by molar-refractivity contribution is 6.04. The fourth-order valence-electron chi connectivity index (χ4n) is 2.40. The van der Waals surface area contributed by atoms with Gasteiger partial charge in [-0.2, -0.15) is 0 Å². The van der Waals surface area contributed by atoms with Crippen molar-refractivity contribution in [1.29, 1.82) is 0 Å². The summed E-state index contributed by atoms with van der Waals surface area (Å²) in [6.07, 6.45) is 0. The Morgan fingerprint density at radius 2 is 1.81 bits per heavy atom. The Morgan fingerprint density at radius 3 is 2.57 bits per heavy atom. The number of hydrogen-bond acceptors (Lipinski definition) is 4. The molecule has 2 aromatic carbocycles. The van der Waals surface area contributed by atoms with E-state index >= 15 is 0 Å². The smallest absolute Gasteiger partial charge is 0.188 e. The van der Waals surface area contributed by atoms with Gasteiger partial charge in [-0.15, -0.1) is 0 Å². The molecule has 0 bridgehead atoms. The molecule has 1 heterocycles. The van der Waals surface area contributed by atoms with Crippen LogP contribution in [-0.4, -0.2) is 25.7 Å². The third-order valence-corrected chi connectivity index (χ3v) is 3.51. The minimum atomic E-state index is -0.181. The maximum absolute atomic E-state index is 12.6. The monoisotopic (exact) mass is 283 g/mol. The standard InChI is InChI=1S/C17H17NO3/c1-20-11-21-14-10-6-5-9-13(14)17(19)16-15(18-16)12-7-3-2-4-8-12/h2-10,15-16,18H,11H2,1H3/t15-,16+/m1/s1. The highest BCUT2D eigenvalue weighted by Gasteiger charge is 2.44. The molecule has 108 valence electrons. The maximum atomic E-state index is 12.6. The van der Waals surface area contributed by atoms with Gasteiger partial charge in [0.05, 0.1) is 17.6 Å². The summed E-state index contributed by atoms with van der Waals surface area (Å²) in [6.45, 7) is 0.129. The first-order valence-electron chi connectivity index (χ1n) is 6.87. The molecule has 0 amide bonds. The van der Waals surface area contributed by atoms with E-state index in [2.05, 4.69) is 5.32 Å². The first-order chi connectivity index (χ1) is 10.3. The molecule has 2 atom stereocenters. The van der Waals surface area contributed by atoms with E-state index in [-0.39, 0.29) is 24.7 Å². The second-order valence-electron chi connectivity index (χ2n) is 4.94. The molecule has 0 unspecified atom stereocenters. The number of ether oxygens (including phenoxy) is 2. The number of Topliss-reactive ketones (excluding diaryl/α,β-unsaturated/α-hetero) is 1. The third kappa shape index (κ3) is 2.96. The average Bonchev–Trinajstić information content (AvgIpc) is 3.34. The molecule has 4 heteroatoms. The third-order valence-electron chi connectivity index (χ3n) is 3.51. The number of ketones is 1. The Labute approximate surface area is 123 Å². The van der Waals surface area contributed by atoms with Gasteiger partial charge in [0, 0.05) is 7.11 Å². The first-order valence-corrected chi connectivity index (χ1v) is 6.87. The Hall–Kier alpha value is -2.17. The van der Waals surface area contributed by atoms with Gasteiger partial charge in [0.1, 0.15) is 5.75 Å². The highest BCUT2D eigenvalue weighted by Crippen LogP contribution is 2.33. The van der Waals surface area contributed by atoms with Crippen molar-refractivity contribution in [1.82, 2.24) is 5.32 Å². The molecule has 1 saturated heterocycles. The van der Waals surface area contributed by atoms with Gasteiger partial charge in [0.25, 0.3) is 0 Å². The minimum absolute atomic E-state index is 0.0514. The lowest BCUT2D eigenvalue weighted by Crippen LogP contribution is -2.13. The zero-order chi connectivity index (χ0) is 14.7. The summed E-state index contributed by atoms with van der Waals surface area (Å²) in [5.41, 5.74) is 1.72. The number of hydrogen-bond donors (Lipinski definition) is 1. The number of nitrogens with one attached hydrogen (secondary N) is 1. The van der Waals surface area contributed by atoms with Crippen molar-refractivity contribution in [3.8, 4) is 5.75 Å². The fourth-order valence-corrected chi connectivity index (χ4v) is 2.40. The largest absolute Gasteiger partial charge is 0.467 e. The number of rotatable bonds is 6. The molecule has 4 nitrogen and oxygen atoms in total. The van der Waals surface area contributed by atoms with Gasteiger partial charge >= 0.3 is 0 Å². The molecule has 0 aliphatic carbocycles. The van der Waals surface area contributed by atoms with Crippen LogP contribution in [0.4, 0.5) is 0 Å². The summed E-state index contributed by atoms with van der Waals surface area (Å²) in [7, 11) is 1.55. The minimum Gasteiger partial charge on any atom is -0.467 e. The molecule has 0 radical (unpaired) electrons. The van der Waals surface area contributed by atoms with Gasteiger partial charge in [-0.25, -0.2) is 0 Å². The van der Waals surface area contributed by atoms with Gasteiger partial charge in [0.15, 0.2) is 12.6 Å². The Morgan fingerprint density at radius 1 is 1.10 bits per heavy atom. The van der Waals surface area contributed by atoms with E-state index in [1.54, 1.807) is 19.2 Å². The fraction of sp³-hybridized carbons (Fsp3) is 0.235. The lowest BCUT2D eigenvalue weighted by Gasteiger charge is -2.09. The van der Waals surface area contributed by atoms with Crippen molar-refractivity contribution in [2.24, 2.45) is 0 Å². The van der Waals surface area contributed by atoms with Gasteiger partial charge in [-0.3, -0.25) is 10.1 Å². The van der Waals surface area contributed by atoms with Crippen molar-refractivity contribution >= 4 is 5.78 Å². The van der Waals surface area contributed by atoms with E-state index in [9.17, 15) is 4.79 Å². The first kappa shape index (κ1) is 13.8. The van der Waals surface area contributed by atoms with Gasteiger partial charge in [-0.05, 0) is 17.7 Å². The Kier molecular flexibility index (Phi) is 3.99. The summed E-state index contributed by atoms with van der Waals surface area (Å²) in [6, 6.07) is 17.1. The predicted octanol–water partition coefficient (Wildman–Crippen LogP) is 2.57. The molecule has 0 saturated carbocycles. The van der Waals surface area contributed by atoms with E-state index in [4.69, 9.17) is 9.47 Å². The van der Waals surface area contributed by atoms with Gasteiger partial charge in [0.2, 0.25) is 0 Å². The average molecular weight is 283 g/mol. The van der Waals surface area contributed by atoms with Crippen LogP contribution < -0.4 is 10.1 Å². The van der Waals surface area contributed by atoms with Crippen molar-refractivity contribution in [3.63, 3.8) is 0 Å². The van der Waals surface area contributed by atoms with Crippen LogP contribution in [-0.2, 0) is 4.74 Å². The lowest BCUT2D eigenvalue weighted by atomic mass is 10.0. The molecule has 1 aliphatic rings. The summed E-state index contributed by atoms with van der Waals surface area (Å²) >= 11 is 0. The molecule has 0 aromatic heterocycles. The molecule has 2 aromatic rings. The maximum Gasteiger partial charge on any atom is 0.188 e. The number of carbonyl (C=O) groups is 1. The highest BCUT2D eigenvalue weighted by atomic mass is 16.7. The second-order valence-corrected chi connectivity index (χ2v) is 4.94. The Balaban J connectivity index is 1.75. The molecular formula is C17H17NO3. The topological polar surface area (TPSA) is 57.5 Å². The van der Waals surface area contributed by atoms with Crippen LogP contribution in [0.1, 0.15) is 22.0 Å². The molecular weight excluding hydrogens is 266 g/mol. The molecule has 1 aliphatic heterocycles. The lowest BCUT2D eigenvalue weighted by molar-refractivity contribution is 0.0502. The number of benzene rings is 2. The SMILES string of the molecule is COCOc1ccccc1C(=O)[C@H]1N[C@@H]1c1ccccc1. The van der Waals surface area contributed by atoms with Crippen molar-refractivity contribution in [2.75, 3.05) is 13.9 Å². The van der Waals surface area contributed by atoms with Crippen LogP contribution >= 0.6 is 0 Å². The van der Waals surface area contributed by atoms with Crippen molar-refractivity contribution < 1.29 is 14.3 Å². The molecule has 3 rings (SSSR count). The van der Waals surface area contributed by atoms with E-state index in [1.165, 1.54) is 0 Å². The van der Waals surface area contributed by atoms with Crippen LogP contribution in [0, 0.1) is 0 Å². The Bertz CT molecular complexity index is 627. The van der Waals surface area contributed by atoms with Crippen LogP contribution in [0.5, 0.6) is 5.75 Å². The van der Waals surface area contributed by atoms with Gasteiger partial charge < -0.3 is 9.47 Å². The van der Waals surface area contributed by atoms with Crippen molar-refractivity contribution in [2.45, 2.75) is 12.1 Å². The van der Waals surface area contributed by atoms with Crippen LogP contribution in [0.2, 0.25) is 0 Å². The molecule has 1 fully saturated rings. The normalized spacial score (nSPS) is 20.0. The van der Waals surface area contributed by atoms with E-state index in [0.717, 1.165) is 5.56 Å².